The first kappa shape index (κ1) is 20.8. The van der Waals surface area contributed by atoms with Crippen LogP contribution in [0.3, 0.4) is 0 Å². The van der Waals surface area contributed by atoms with Gasteiger partial charge in [0, 0.05) is 30.5 Å². The summed E-state index contributed by atoms with van der Waals surface area (Å²) >= 11 is 3.30. The van der Waals surface area contributed by atoms with E-state index < -0.39 is 21.5 Å². The van der Waals surface area contributed by atoms with E-state index in [-0.39, 0.29) is 11.4 Å². The summed E-state index contributed by atoms with van der Waals surface area (Å²) in [5.74, 6) is -0.460. The molecule has 0 unspecified atom stereocenters. The molecule has 0 saturated carbocycles. The molecule has 1 aromatic heterocycles. The molecule has 0 fully saturated rings. The summed E-state index contributed by atoms with van der Waals surface area (Å²) in [6.07, 6.45) is 3.35. The van der Waals surface area contributed by atoms with Gasteiger partial charge in [0.15, 0.2) is 9.84 Å². The molecule has 3 rings (SSSR count). The van der Waals surface area contributed by atoms with E-state index in [9.17, 15) is 18.0 Å². The number of benzene rings is 1. The van der Waals surface area contributed by atoms with Gasteiger partial charge in [-0.15, -0.1) is 0 Å². The lowest BCUT2D eigenvalue weighted by Crippen LogP contribution is -2.33. The number of nitrogens with zero attached hydrogens (tertiary/aromatic N) is 3. The molecule has 0 radical (unpaired) electrons. The second-order valence-electron chi connectivity index (χ2n) is 6.90. The maximum Gasteiger partial charge on any atom is 0.345 e. The fraction of sp³-hybridized carbons (Fsp3) is 0.500. The minimum Gasteiger partial charge on any atom is -0.355 e. The standard InChI is InChI=1S/C18H23BrN4O4S/c19-15-6-3-5-14(11-15)12-28(26,27)13-17(24)20-8-4-10-23-18(25)22-9-2-1-7-16(22)21-23/h3,5-6,11H,1-2,4,7-10,12-13H2,(H,20,24). The van der Waals surface area contributed by atoms with Crippen molar-refractivity contribution in [3.05, 3.63) is 50.6 Å². The van der Waals surface area contributed by atoms with Crippen LogP contribution in [0.2, 0.25) is 0 Å². The Morgan fingerprint density at radius 1 is 1.29 bits per heavy atom. The SMILES string of the molecule is O=C(CS(=O)(=O)Cc1cccc(Br)c1)NCCCn1nc2n(c1=O)CCCC2. The Kier molecular flexibility index (Phi) is 6.71. The van der Waals surface area contributed by atoms with Crippen LogP contribution in [-0.2, 0) is 39.9 Å². The normalized spacial score (nSPS) is 13.9. The van der Waals surface area contributed by atoms with Crippen LogP contribution in [0.15, 0.2) is 33.5 Å². The average Bonchev–Trinajstić information content (AvgIpc) is 2.94. The zero-order valence-corrected chi connectivity index (χ0v) is 17.8. The number of rotatable bonds is 8. The number of nitrogens with one attached hydrogen (secondary N) is 1. The van der Waals surface area contributed by atoms with Crippen molar-refractivity contribution in [3.63, 3.8) is 0 Å². The first-order valence-electron chi connectivity index (χ1n) is 9.22. The molecular weight excluding hydrogens is 448 g/mol. The van der Waals surface area contributed by atoms with Gasteiger partial charge in [0.2, 0.25) is 5.91 Å². The molecule has 1 aliphatic heterocycles. The number of aromatic nitrogens is 3. The van der Waals surface area contributed by atoms with E-state index in [1.54, 1.807) is 22.8 Å². The number of amides is 1. The van der Waals surface area contributed by atoms with Crippen LogP contribution in [0, 0.1) is 0 Å². The van der Waals surface area contributed by atoms with Crippen LogP contribution in [-0.4, -0.2) is 41.0 Å². The molecule has 1 aromatic carbocycles. The van der Waals surface area contributed by atoms with Crippen LogP contribution >= 0.6 is 15.9 Å². The Hall–Kier alpha value is -1.94. The monoisotopic (exact) mass is 470 g/mol. The predicted molar refractivity (Wildman–Crippen MR) is 109 cm³/mol. The van der Waals surface area contributed by atoms with Gasteiger partial charge in [-0.2, -0.15) is 5.10 Å². The molecule has 0 spiro atoms. The van der Waals surface area contributed by atoms with Gasteiger partial charge in [0.1, 0.15) is 11.6 Å². The Balaban J connectivity index is 1.44. The number of hydrogen-bond donors (Lipinski definition) is 1. The fourth-order valence-electron chi connectivity index (χ4n) is 3.23. The van der Waals surface area contributed by atoms with E-state index in [2.05, 4.69) is 26.3 Å². The Morgan fingerprint density at radius 2 is 2.11 bits per heavy atom. The van der Waals surface area contributed by atoms with Gasteiger partial charge in [-0.3, -0.25) is 9.36 Å². The van der Waals surface area contributed by atoms with Crippen molar-refractivity contribution < 1.29 is 13.2 Å². The molecule has 0 saturated heterocycles. The van der Waals surface area contributed by atoms with E-state index in [0.29, 0.717) is 31.6 Å². The second-order valence-corrected chi connectivity index (χ2v) is 9.88. The highest BCUT2D eigenvalue weighted by atomic mass is 79.9. The highest BCUT2D eigenvalue weighted by Crippen LogP contribution is 2.14. The van der Waals surface area contributed by atoms with Crippen LogP contribution in [0.1, 0.15) is 30.7 Å². The van der Waals surface area contributed by atoms with Crippen LogP contribution in [0.5, 0.6) is 0 Å². The largest absolute Gasteiger partial charge is 0.355 e. The smallest absolute Gasteiger partial charge is 0.345 e. The summed E-state index contributed by atoms with van der Waals surface area (Å²) in [5, 5.41) is 6.95. The molecule has 152 valence electrons. The topological polar surface area (TPSA) is 103 Å². The maximum atomic E-state index is 12.2. The molecule has 0 bridgehead atoms. The number of fused-ring (bicyclic) bond motifs is 1. The molecule has 28 heavy (non-hydrogen) atoms. The van der Waals surface area contributed by atoms with Crippen molar-refractivity contribution in [3.8, 4) is 0 Å². The summed E-state index contributed by atoms with van der Waals surface area (Å²) in [5.41, 5.74) is 0.517. The fourth-order valence-corrected chi connectivity index (χ4v) is 4.97. The van der Waals surface area contributed by atoms with E-state index >= 15 is 0 Å². The van der Waals surface area contributed by atoms with E-state index in [1.165, 1.54) is 4.68 Å². The zero-order valence-electron chi connectivity index (χ0n) is 15.4. The average molecular weight is 471 g/mol. The lowest BCUT2D eigenvalue weighted by Gasteiger charge is -2.09. The number of aryl methyl sites for hydroxylation is 2. The third-order valence-corrected chi connectivity index (χ3v) is 6.50. The summed E-state index contributed by atoms with van der Waals surface area (Å²) < 4.78 is 28.3. The molecule has 0 aliphatic carbocycles. The predicted octanol–water partition coefficient (Wildman–Crippen LogP) is 1.26. The first-order valence-corrected chi connectivity index (χ1v) is 11.8. The maximum absolute atomic E-state index is 12.2. The zero-order chi connectivity index (χ0) is 20.1. The minimum atomic E-state index is -3.55. The van der Waals surface area contributed by atoms with Gasteiger partial charge in [-0.1, -0.05) is 28.1 Å². The molecule has 10 heteroatoms. The highest BCUT2D eigenvalue weighted by molar-refractivity contribution is 9.10. The van der Waals surface area contributed by atoms with Crippen molar-refractivity contribution in [2.75, 3.05) is 12.3 Å². The molecule has 1 aliphatic rings. The molecular formula is C18H23BrN4O4S. The van der Waals surface area contributed by atoms with Crippen molar-refractivity contribution >= 4 is 31.7 Å². The number of halogens is 1. The van der Waals surface area contributed by atoms with Crippen LogP contribution in [0.4, 0.5) is 0 Å². The minimum absolute atomic E-state index is 0.113. The van der Waals surface area contributed by atoms with Crippen LogP contribution < -0.4 is 11.0 Å². The summed E-state index contributed by atoms with van der Waals surface area (Å²) in [6.45, 7) is 1.39. The van der Waals surface area contributed by atoms with E-state index in [4.69, 9.17) is 0 Å². The molecule has 1 N–H and O–H groups in total. The van der Waals surface area contributed by atoms with Gasteiger partial charge >= 0.3 is 5.69 Å². The quantitative estimate of drug-likeness (QED) is 0.584. The number of sulfone groups is 1. The van der Waals surface area contributed by atoms with Gasteiger partial charge in [-0.25, -0.2) is 17.9 Å². The third kappa shape index (κ3) is 5.54. The lowest BCUT2D eigenvalue weighted by molar-refractivity contribution is -0.118. The highest BCUT2D eigenvalue weighted by Gasteiger charge is 2.18. The molecule has 1 amide bonds. The molecule has 8 nitrogen and oxygen atoms in total. The van der Waals surface area contributed by atoms with Gasteiger partial charge in [0.05, 0.1) is 5.75 Å². The summed E-state index contributed by atoms with van der Waals surface area (Å²) in [4.78, 5) is 24.2. The lowest BCUT2D eigenvalue weighted by atomic mass is 10.2. The van der Waals surface area contributed by atoms with Crippen LogP contribution in [0.25, 0.3) is 0 Å². The first-order chi connectivity index (χ1) is 13.3. The van der Waals surface area contributed by atoms with Crippen molar-refractivity contribution in [1.82, 2.24) is 19.7 Å². The molecule has 2 aromatic rings. The van der Waals surface area contributed by atoms with E-state index in [0.717, 1.165) is 29.6 Å². The van der Waals surface area contributed by atoms with E-state index in [1.807, 2.05) is 6.07 Å². The second kappa shape index (κ2) is 9.04. The third-order valence-electron chi connectivity index (χ3n) is 4.53. The molecule has 2 heterocycles. The number of carbonyl (C=O) groups excluding carboxylic acids is 1. The van der Waals surface area contributed by atoms with Crippen molar-refractivity contribution in [2.45, 2.75) is 44.5 Å². The van der Waals surface area contributed by atoms with Gasteiger partial charge < -0.3 is 5.32 Å². The Morgan fingerprint density at radius 3 is 2.86 bits per heavy atom. The molecule has 0 atom stereocenters. The van der Waals surface area contributed by atoms with Crippen molar-refractivity contribution in [2.24, 2.45) is 0 Å². The van der Waals surface area contributed by atoms with Gasteiger partial charge in [0.25, 0.3) is 0 Å². The summed E-state index contributed by atoms with van der Waals surface area (Å²) in [7, 11) is -3.55. The summed E-state index contributed by atoms with van der Waals surface area (Å²) in [6, 6.07) is 7.00. The Bertz CT molecular complexity index is 1010. The number of carbonyl (C=O) groups is 1. The van der Waals surface area contributed by atoms with Crippen molar-refractivity contribution in [1.29, 1.82) is 0 Å². The Labute approximate surface area is 172 Å². The van der Waals surface area contributed by atoms with Gasteiger partial charge in [-0.05, 0) is 37.0 Å². The number of hydrogen-bond acceptors (Lipinski definition) is 5.